The van der Waals surface area contributed by atoms with Crippen molar-refractivity contribution in [1.82, 2.24) is 20.3 Å². The van der Waals surface area contributed by atoms with E-state index in [1.807, 2.05) is 30.3 Å². The highest BCUT2D eigenvalue weighted by molar-refractivity contribution is 6.04. The van der Waals surface area contributed by atoms with Crippen LogP contribution < -0.4 is 11.1 Å². The lowest BCUT2D eigenvalue weighted by Gasteiger charge is -2.13. The number of hydrogen-bond donors (Lipinski definition) is 3. The van der Waals surface area contributed by atoms with Crippen LogP contribution in [0.2, 0.25) is 0 Å². The van der Waals surface area contributed by atoms with E-state index in [4.69, 9.17) is 5.73 Å². The maximum absolute atomic E-state index is 12.5. The molecule has 6 nitrogen and oxygen atoms in total. The number of benzene rings is 1. The van der Waals surface area contributed by atoms with Crippen molar-refractivity contribution >= 4 is 17.1 Å². The molecule has 1 fully saturated rings. The second kappa shape index (κ2) is 6.05. The molecule has 1 saturated carbocycles. The van der Waals surface area contributed by atoms with Gasteiger partial charge in [0.15, 0.2) is 5.65 Å². The average Bonchev–Trinajstić information content (AvgIpc) is 3.34. The lowest BCUT2D eigenvalue weighted by molar-refractivity contribution is 0.0939. The number of H-pyrrole nitrogens is 1. The summed E-state index contributed by atoms with van der Waals surface area (Å²) in [6.07, 6.45) is 5.85. The molecule has 0 saturated heterocycles. The maximum Gasteiger partial charge on any atom is 0.256 e. The van der Waals surface area contributed by atoms with Gasteiger partial charge in [0, 0.05) is 18.5 Å². The molecule has 1 aliphatic rings. The zero-order valence-corrected chi connectivity index (χ0v) is 13.2. The number of rotatable bonds is 5. The standard InChI is InChI=1S/C18H19N5O/c19-15(8-11-4-2-1-3-5-11)23-18(24)13-9-20-17-16(13)22-14(10-21-17)12-6-7-12/h1-5,9-10,12,15H,6-8,19H2,(H,20,21)(H,23,24). The van der Waals surface area contributed by atoms with Crippen LogP contribution in [0.3, 0.4) is 0 Å². The number of nitrogens with zero attached hydrogens (tertiary/aromatic N) is 2. The van der Waals surface area contributed by atoms with Crippen LogP contribution in [0.1, 0.15) is 40.4 Å². The Morgan fingerprint density at radius 2 is 2.12 bits per heavy atom. The number of amides is 1. The van der Waals surface area contributed by atoms with Gasteiger partial charge in [0.05, 0.1) is 23.6 Å². The predicted molar refractivity (Wildman–Crippen MR) is 91.5 cm³/mol. The fourth-order valence-electron chi connectivity index (χ4n) is 2.82. The van der Waals surface area contributed by atoms with Crippen LogP contribution in [0.5, 0.6) is 0 Å². The molecule has 1 aromatic carbocycles. The summed E-state index contributed by atoms with van der Waals surface area (Å²) in [4.78, 5) is 24.5. The SMILES string of the molecule is NC(Cc1ccccc1)NC(=O)c1c[nH]c2ncc(C3CC3)nc12. The summed E-state index contributed by atoms with van der Waals surface area (Å²) in [5, 5.41) is 2.84. The number of aromatic amines is 1. The normalized spacial score (nSPS) is 15.4. The van der Waals surface area contributed by atoms with Crippen LogP contribution in [-0.4, -0.2) is 27.0 Å². The summed E-state index contributed by atoms with van der Waals surface area (Å²) >= 11 is 0. The van der Waals surface area contributed by atoms with Gasteiger partial charge < -0.3 is 16.0 Å². The molecule has 0 bridgehead atoms. The molecule has 6 heteroatoms. The number of carbonyl (C=O) groups is 1. The Labute approximate surface area is 139 Å². The van der Waals surface area contributed by atoms with Crippen molar-refractivity contribution in [1.29, 1.82) is 0 Å². The average molecular weight is 321 g/mol. The number of nitrogens with one attached hydrogen (secondary N) is 2. The van der Waals surface area contributed by atoms with E-state index < -0.39 is 6.17 Å². The third-order valence-electron chi connectivity index (χ3n) is 4.25. The van der Waals surface area contributed by atoms with Gasteiger partial charge in [-0.15, -0.1) is 0 Å². The number of hydrogen-bond acceptors (Lipinski definition) is 4. The molecule has 1 unspecified atom stereocenters. The van der Waals surface area contributed by atoms with Crippen molar-refractivity contribution in [3.05, 3.63) is 59.5 Å². The van der Waals surface area contributed by atoms with Crippen molar-refractivity contribution in [2.75, 3.05) is 0 Å². The monoisotopic (exact) mass is 321 g/mol. The maximum atomic E-state index is 12.5. The molecular weight excluding hydrogens is 302 g/mol. The summed E-state index contributed by atoms with van der Waals surface area (Å²) in [6, 6.07) is 9.85. The molecule has 0 aliphatic heterocycles. The fourth-order valence-corrected chi connectivity index (χ4v) is 2.82. The summed E-state index contributed by atoms with van der Waals surface area (Å²) < 4.78 is 0. The highest BCUT2D eigenvalue weighted by atomic mass is 16.1. The van der Waals surface area contributed by atoms with Crippen molar-refractivity contribution in [2.24, 2.45) is 5.73 Å². The topological polar surface area (TPSA) is 96.7 Å². The highest BCUT2D eigenvalue weighted by Gasteiger charge is 2.26. The summed E-state index contributed by atoms with van der Waals surface area (Å²) in [5.41, 5.74) is 9.84. The second-order valence-corrected chi connectivity index (χ2v) is 6.24. The lowest BCUT2D eigenvalue weighted by Crippen LogP contribution is -2.43. The van der Waals surface area contributed by atoms with E-state index in [9.17, 15) is 4.79 Å². The first kappa shape index (κ1) is 14.8. The zero-order chi connectivity index (χ0) is 16.5. The zero-order valence-electron chi connectivity index (χ0n) is 13.2. The molecule has 4 N–H and O–H groups in total. The second-order valence-electron chi connectivity index (χ2n) is 6.24. The van der Waals surface area contributed by atoms with E-state index in [2.05, 4.69) is 20.3 Å². The number of aromatic nitrogens is 3. The Balaban J connectivity index is 1.51. The van der Waals surface area contributed by atoms with E-state index in [0.717, 1.165) is 24.1 Å². The quantitative estimate of drug-likeness (QED) is 0.627. The first-order valence-electron chi connectivity index (χ1n) is 8.15. The van der Waals surface area contributed by atoms with Gasteiger partial charge in [0.1, 0.15) is 5.52 Å². The van der Waals surface area contributed by atoms with E-state index >= 15 is 0 Å². The van der Waals surface area contributed by atoms with Gasteiger partial charge in [-0.25, -0.2) is 9.97 Å². The largest absolute Gasteiger partial charge is 0.344 e. The number of nitrogens with two attached hydrogens (primary N) is 1. The molecule has 1 aliphatic carbocycles. The molecule has 3 aromatic rings. The van der Waals surface area contributed by atoms with Gasteiger partial charge in [-0.2, -0.15) is 0 Å². The molecule has 4 rings (SSSR count). The van der Waals surface area contributed by atoms with E-state index in [1.54, 1.807) is 12.4 Å². The molecular formula is C18H19N5O. The van der Waals surface area contributed by atoms with E-state index in [0.29, 0.717) is 29.1 Å². The van der Waals surface area contributed by atoms with Crippen LogP contribution in [0.25, 0.3) is 11.2 Å². The van der Waals surface area contributed by atoms with Gasteiger partial charge in [0.2, 0.25) is 0 Å². The van der Waals surface area contributed by atoms with Crippen molar-refractivity contribution in [2.45, 2.75) is 31.3 Å². The Morgan fingerprint density at radius 1 is 1.33 bits per heavy atom. The van der Waals surface area contributed by atoms with Crippen molar-refractivity contribution < 1.29 is 4.79 Å². The van der Waals surface area contributed by atoms with Gasteiger partial charge in [-0.1, -0.05) is 30.3 Å². The van der Waals surface area contributed by atoms with Crippen LogP contribution in [0, 0.1) is 0 Å². The molecule has 2 aromatic heterocycles. The van der Waals surface area contributed by atoms with Gasteiger partial charge in [-0.05, 0) is 18.4 Å². The van der Waals surface area contributed by atoms with E-state index in [-0.39, 0.29) is 5.91 Å². The molecule has 122 valence electrons. The first-order chi connectivity index (χ1) is 11.7. The fraction of sp³-hybridized carbons (Fsp3) is 0.278. The lowest BCUT2D eigenvalue weighted by atomic mass is 10.1. The third-order valence-corrected chi connectivity index (χ3v) is 4.25. The van der Waals surface area contributed by atoms with Crippen LogP contribution in [0.4, 0.5) is 0 Å². The van der Waals surface area contributed by atoms with Crippen LogP contribution in [-0.2, 0) is 6.42 Å². The van der Waals surface area contributed by atoms with Crippen LogP contribution >= 0.6 is 0 Å². The van der Waals surface area contributed by atoms with Gasteiger partial charge in [0.25, 0.3) is 5.91 Å². The highest BCUT2D eigenvalue weighted by Crippen LogP contribution is 2.39. The smallest absolute Gasteiger partial charge is 0.256 e. The molecule has 2 heterocycles. The minimum atomic E-state index is -0.454. The molecule has 0 radical (unpaired) electrons. The Morgan fingerprint density at radius 3 is 2.88 bits per heavy atom. The molecule has 0 spiro atoms. The Bertz CT molecular complexity index is 870. The molecule has 24 heavy (non-hydrogen) atoms. The summed E-state index contributed by atoms with van der Waals surface area (Å²) in [5.74, 6) is 0.264. The van der Waals surface area contributed by atoms with Gasteiger partial charge in [-0.3, -0.25) is 4.79 Å². The molecule has 1 atom stereocenters. The number of fused-ring (bicyclic) bond motifs is 1. The minimum absolute atomic E-state index is 0.230. The first-order valence-corrected chi connectivity index (χ1v) is 8.15. The van der Waals surface area contributed by atoms with Gasteiger partial charge >= 0.3 is 0 Å². The third kappa shape index (κ3) is 3.00. The number of carbonyl (C=O) groups excluding carboxylic acids is 1. The predicted octanol–water partition coefficient (Wildman–Crippen LogP) is 2.09. The molecule has 1 amide bonds. The Hall–Kier alpha value is -2.73. The minimum Gasteiger partial charge on any atom is -0.344 e. The summed E-state index contributed by atoms with van der Waals surface area (Å²) in [6.45, 7) is 0. The van der Waals surface area contributed by atoms with E-state index in [1.165, 1.54) is 0 Å². The van der Waals surface area contributed by atoms with Crippen molar-refractivity contribution in [3.8, 4) is 0 Å². The van der Waals surface area contributed by atoms with Crippen molar-refractivity contribution in [3.63, 3.8) is 0 Å². The Kier molecular flexibility index (Phi) is 3.74. The van der Waals surface area contributed by atoms with Crippen LogP contribution in [0.15, 0.2) is 42.7 Å². The summed E-state index contributed by atoms with van der Waals surface area (Å²) in [7, 11) is 0.